The topological polar surface area (TPSA) is 29.5 Å². The van der Waals surface area contributed by atoms with E-state index in [0.717, 1.165) is 77.3 Å². The number of furan rings is 2. The van der Waals surface area contributed by atoms with E-state index in [1.165, 1.54) is 27.1 Å². The molecule has 2 aromatic heterocycles. The van der Waals surface area contributed by atoms with Gasteiger partial charge in [0.15, 0.2) is 5.58 Å². The monoisotopic (exact) mass is 651 g/mol. The highest BCUT2D eigenvalue weighted by Gasteiger charge is 2.21. The van der Waals surface area contributed by atoms with E-state index in [9.17, 15) is 0 Å². The largest absolute Gasteiger partial charge is 0.456 e. The van der Waals surface area contributed by atoms with Crippen molar-refractivity contribution in [3.8, 4) is 11.1 Å². The molecule has 0 aliphatic rings. The van der Waals surface area contributed by atoms with Crippen molar-refractivity contribution in [1.29, 1.82) is 0 Å². The predicted molar refractivity (Wildman–Crippen MR) is 214 cm³/mol. The highest BCUT2D eigenvalue weighted by Crippen LogP contribution is 2.45. The molecule has 0 fully saturated rings. The van der Waals surface area contributed by atoms with Gasteiger partial charge in [0.25, 0.3) is 0 Å². The quantitative estimate of drug-likeness (QED) is 0.177. The van der Waals surface area contributed by atoms with E-state index in [1.54, 1.807) is 0 Å². The summed E-state index contributed by atoms with van der Waals surface area (Å²) in [7, 11) is 0. The molecule has 0 saturated carbocycles. The molecule has 238 valence electrons. The molecule has 3 nitrogen and oxygen atoms in total. The van der Waals surface area contributed by atoms with Gasteiger partial charge in [0.2, 0.25) is 0 Å². The summed E-state index contributed by atoms with van der Waals surface area (Å²) in [6.45, 7) is 0. The van der Waals surface area contributed by atoms with Crippen LogP contribution in [0.5, 0.6) is 0 Å². The summed E-state index contributed by atoms with van der Waals surface area (Å²) in [5.41, 5.74) is 8.82. The first-order chi connectivity index (χ1) is 25.3. The van der Waals surface area contributed by atoms with Crippen molar-refractivity contribution in [2.75, 3.05) is 4.90 Å². The molecule has 9 aromatic carbocycles. The van der Waals surface area contributed by atoms with Gasteiger partial charge < -0.3 is 13.7 Å². The van der Waals surface area contributed by atoms with Gasteiger partial charge in [-0.15, -0.1) is 0 Å². The van der Waals surface area contributed by atoms with Gasteiger partial charge in [-0.25, -0.2) is 0 Å². The van der Waals surface area contributed by atoms with Crippen LogP contribution in [0.2, 0.25) is 0 Å². The number of fused-ring (bicyclic) bond motifs is 11. The molecule has 0 amide bonds. The molecule has 0 saturated heterocycles. The molecule has 0 N–H and O–H groups in total. The van der Waals surface area contributed by atoms with E-state index in [1.807, 2.05) is 12.1 Å². The number of anilines is 3. The number of nitrogens with zero attached hydrogens (tertiary/aromatic N) is 1. The lowest BCUT2D eigenvalue weighted by molar-refractivity contribution is 0.668. The van der Waals surface area contributed by atoms with Crippen LogP contribution in [0.1, 0.15) is 0 Å². The summed E-state index contributed by atoms with van der Waals surface area (Å²) in [5, 5.41) is 11.7. The predicted octanol–water partition coefficient (Wildman–Crippen LogP) is 14.1. The van der Waals surface area contributed by atoms with Crippen LogP contribution in [0.4, 0.5) is 17.1 Å². The lowest BCUT2D eigenvalue weighted by Gasteiger charge is -2.25. The minimum absolute atomic E-state index is 0.847. The Morgan fingerprint density at radius 3 is 1.78 bits per heavy atom. The van der Waals surface area contributed by atoms with E-state index in [-0.39, 0.29) is 0 Å². The van der Waals surface area contributed by atoms with Crippen molar-refractivity contribution < 1.29 is 8.83 Å². The maximum Gasteiger partial charge on any atom is 0.159 e. The van der Waals surface area contributed by atoms with Crippen molar-refractivity contribution in [3.63, 3.8) is 0 Å². The Bertz CT molecular complexity index is 3150. The Hall–Kier alpha value is -6.84. The number of hydrogen-bond acceptors (Lipinski definition) is 3. The van der Waals surface area contributed by atoms with Gasteiger partial charge in [0.1, 0.15) is 16.7 Å². The summed E-state index contributed by atoms with van der Waals surface area (Å²) in [6.07, 6.45) is 0. The molecule has 0 aliphatic heterocycles. The molecule has 0 atom stereocenters. The standard InChI is InChI=1S/C48H29NO2/c1-3-10-37-31(8-1)16-17-34-28-33(21-25-38(34)37)30-18-22-35(23-19-30)49(36-24-27-41-40-12-5-6-15-45(40)50-46(41)29-36)44-14-7-13-42-43-26-20-32-9-2-4-11-39(32)47(43)51-48(42)44/h1-29H. The Morgan fingerprint density at radius 1 is 0.314 bits per heavy atom. The Kier molecular flexibility index (Phi) is 5.96. The fourth-order valence-corrected chi connectivity index (χ4v) is 7.96. The van der Waals surface area contributed by atoms with Gasteiger partial charge in [-0.3, -0.25) is 0 Å². The van der Waals surface area contributed by atoms with Gasteiger partial charge in [0.05, 0.1) is 11.4 Å². The molecule has 0 radical (unpaired) electrons. The minimum Gasteiger partial charge on any atom is -0.456 e. The van der Waals surface area contributed by atoms with Crippen LogP contribution in [0.15, 0.2) is 185 Å². The highest BCUT2D eigenvalue weighted by molar-refractivity contribution is 6.18. The lowest BCUT2D eigenvalue weighted by Crippen LogP contribution is -2.10. The molecular formula is C48H29NO2. The second-order valence-corrected chi connectivity index (χ2v) is 13.3. The van der Waals surface area contributed by atoms with E-state index in [4.69, 9.17) is 8.83 Å². The molecule has 0 spiro atoms. The maximum atomic E-state index is 6.86. The fourth-order valence-electron chi connectivity index (χ4n) is 7.96. The van der Waals surface area contributed by atoms with Gasteiger partial charge in [0, 0.05) is 38.7 Å². The van der Waals surface area contributed by atoms with Crippen LogP contribution in [-0.2, 0) is 0 Å². The molecule has 51 heavy (non-hydrogen) atoms. The molecule has 0 bridgehead atoms. The zero-order valence-corrected chi connectivity index (χ0v) is 27.5. The molecule has 11 aromatic rings. The zero-order valence-electron chi connectivity index (χ0n) is 27.5. The van der Waals surface area contributed by atoms with E-state index in [2.05, 4.69) is 169 Å². The molecule has 0 aliphatic carbocycles. The third kappa shape index (κ3) is 4.32. The number of benzene rings is 9. The Labute approximate surface area is 293 Å². The van der Waals surface area contributed by atoms with Crippen molar-refractivity contribution in [2.24, 2.45) is 0 Å². The average Bonchev–Trinajstić information content (AvgIpc) is 3.77. The molecule has 0 unspecified atom stereocenters. The van der Waals surface area contributed by atoms with Crippen molar-refractivity contribution in [3.05, 3.63) is 176 Å². The summed E-state index contributed by atoms with van der Waals surface area (Å²) >= 11 is 0. The van der Waals surface area contributed by atoms with Gasteiger partial charge in [-0.2, -0.15) is 0 Å². The minimum atomic E-state index is 0.847. The van der Waals surface area contributed by atoms with Crippen LogP contribution in [-0.4, -0.2) is 0 Å². The van der Waals surface area contributed by atoms with E-state index < -0.39 is 0 Å². The second kappa shape index (κ2) is 10.8. The SMILES string of the molecule is c1ccc2c(c1)ccc1cc(-c3ccc(N(c4ccc5c(c4)oc4ccccc45)c4cccc5c4oc4c6ccccc6ccc54)cc3)ccc12. The summed E-state index contributed by atoms with van der Waals surface area (Å²) in [5.74, 6) is 0. The normalized spacial score (nSPS) is 11.9. The van der Waals surface area contributed by atoms with Gasteiger partial charge in [-0.05, 0) is 86.6 Å². The lowest BCUT2D eigenvalue weighted by atomic mass is 9.97. The highest BCUT2D eigenvalue weighted by atomic mass is 16.3. The van der Waals surface area contributed by atoms with Crippen LogP contribution in [0, 0.1) is 0 Å². The number of para-hydroxylation sites is 2. The van der Waals surface area contributed by atoms with E-state index in [0.29, 0.717) is 0 Å². The Balaban J connectivity index is 1.09. The van der Waals surface area contributed by atoms with Crippen molar-refractivity contribution in [2.45, 2.75) is 0 Å². The molecular weight excluding hydrogens is 623 g/mol. The summed E-state index contributed by atoms with van der Waals surface area (Å²) < 4.78 is 13.2. The smallest absolute Gasteiger partial charge is 0.159 e. The average molecular weight is 652 g/mol. The fraction of sp³-hybridized carbons (Fsp3) is 0. The van der Waals surface area contributed by atoms with Crippen LogP contribution in [0.25, 0.3) is 87.3 Å². The van der Waals surface area contributed by atoms with Gasteiger partial charge in [-0.1, -0.05) is 121 Å². The van der Waals surface area contributed by atoms with Crippen LogP contribution >= 0.6 is 0 Å². The van der Waals surface area contributed by atoms with Crippen molar-refractivity contribution >= 4 is 93.3 Å². The Morgan fingerprint density at radius 2 is 0.902 bits per heavy atom. The number of hydrogen-bond donors (Lipinski definition) is 0. The first-order valence-corrected chi connectivity index (χ1v) is 17.3. The van der Waals surface area contributed by atoms with Crippen LogP contribution < -0.4 is 4.90 Å². The first-order valence-electron chi connectivity index (χ1n) is 17.3. The van der Waals surface area contributed by atoms with E-state index >= 15 is 0 Å². The molecule has 3 heteroatoms. The molecule has 11 rings (SSSR count). The summed E-state index contributed by atoms with van der Waals surface area (Å²) in [4.78, 5) is 2.29. The van der Waals surface area contributed by atoms with Gasteiger partial charge >= 0.3 is 0 Å². The third-order valence-corrected chi connectivity index (χ3v) is 10.4. The first kappa shape index (κ1) is 28.0. The van der Waals surface area contributed by atoms with Crippen molar-refractivity contribution in [1.82, 2.24) is 0 Å². The maximum absolute atomic E-state index is 6.86. The van der Waals surface area contributed by atoms with Crippen LogP contribution in [0.3, 0.4) is 0 Å². The number of rotatable bonds is 4. The summed E-state index contributed by atoms with van der Waals surface area (Å²) in [6, 6.07) is 62.6. The zero-order chi connectivity index (χ0) is 33.5. The molecule has 2 heterocycles. The third-order valence-electron chi connectivity index (χ3n) is 10.4. The second-order valence-electron chi connectivity index (χ2n) is 13.3.